The second kappa shape index (κ2) is 7.53. The maximum Gasteiger partial charge on any atom is 0.293 e. The molecule has 1 aromatic carbocycles. The summed E-state index contributed by atoms with van der Waals surface area (Å²) in [5.41, 5.74) is 2.67. The number of methoxy groups -OCH3 is 1. The fraction of sp³-hybridized carbons (Fsp3) is 0.389. The molecule has 0 aliphatic carbocycles. The Hall–Kier alpha value is -2.29. The van der Waals surface area contributed by atoms with E-state index in [-0.39, 0.29) is 0 Å². The number of ether oxygens (including phenoxy) is 1. The fourth-order valence-corrected chi connectivity index (χ4v) is 3.90. The van der Waals surface area contributed by atoms with Crippen molar-refractivity contribution in [1.29, 1.82) is 0 Å². The van der Waals surface area contributed by atoms with E-state index in [1.165, 1.54) is 11.3 Å². The van der Waals surface area contributed by atoms with E-state index in [4.69, 9.17) is 4.74 Å². The summed E-state index contributed by atoms with van der Waals surface area (Å²) in [6.07, 6.45) is 0.308. The highest BCUT2D eigenvalue weighted by Crippen LogP contribution is 2.25. The number of hydrogen-bond acceptors (Lipinski definition) is 7. The number of hydrogen-bond donors (Lipinski definition) is 1. The second-order valence-electron chi connectivity index (χ2n) is 6.33. The number of benzene rings is 1. The quantitative estimate of drug-likeness (QED) is 0.741. The number of aryl methyl sites for hydroxylation is 1. The van der Waals surface area contributed by atoms with Gasteiger partial charge in [-0.05, 0) is 18.1 Å². The smallest absolute Gasteiger partial charge is 0.293 e. The zero-order valence-corrected chi connectivity index (χ0v) is 15.4. The fourth-order valence-electron chi connectivity index (χ4n) is 3.20. The number of aliphatic hydroxyl groups excluding tert-OH is 1. The van der Waals surface area contributed by atoms with E-state index in [1.54, 1.807) is 7.11 Å². The van der Waals surface area contributed by atoms with E-state index in [1.807, 2.05) is 41.1 Å². The summed E-state index contributed by atoms with van der Waals surface area (Å²) in [5.74, 6) is 0. The molecule has 0 bridgehead atoms. The number of aliphatic hydroxyl groups is 1. The Labute approximate surface area is 155 Å². The molecule has 3 heterocycles. The highest BCUT2D eigenvalue weighted by Gasteiger charge is 2.21. The summed E-state index contributed by atoms with van der Waals surface area (Å²) in [6, 6.07) is 11.7. The minimum atomic E-state index is -0.698. The molecule has 0 spiro atoms. The van der Waals surface area contributed by atoms with Crippen LogP contribution < -0.4 is 4.74 Å². The molecule has 1 N–H and O–H groups in total. The van der Waals surface area contributed by atoms with Gasteiger partial charge in [0.05, 0.1) is 25.0 Å². The van der Waals surface area contributed by atoms with E-state index >= 15 is 0 Å². The molecule has 4 rings (SSSR count). The van der Waals surface area contributed by atoms with E-state index in [9.17, 15) is 5.11 Å². The summed E-state index contributed by atoms with van der Waals surface area (Å²) < 4.78 is 7.14. The van der Waals surface area contributed by atoms with Crippen molar-refractivity contribution in [2.75, 3.05) is 13.7 Å². The van der Waals surface area contributed by atoms with Crippen molar-refractivity contribution in [3.8, 4) is 5.19 Å². The molecule has 2 aromatic heterocycles. The monoisotopic (exact) mass is 371 g/mol. The molecule has 1 aliphatic heterocycles. The average Bonchev–Trinajstić information content (AvgIpc) is 3.24. The van der Waals surface area contributed by atoms with Gasteiger partial charge in [0.25, 0.3) is 5.19 Å². The zero-order chi connectivity index (χ0) is 17.9. The Morgan fingerprint density at radius 3 is 2.85 bits per heavy atom. The van der Waals surface area contributed by atoms with Gasteiger partial charge in [-0.25, -0.2) is 0 Å². The van der Waals surface area contributed by atoms with E-state index < -0.39 is 6.10 Å². The normalized spacial score (nSPS) is 16.1. The Balaban J connectivity index is 1.50. The molecule has 8 heteroatoms. The van der Waals surface area contributed by atoms with Gasteiger partial charge in [0.2, 0.25) is 0 Å². The van der Waals surface area contributed by atoms with Gasteiger partial charge in [-0.3, -0.25) is 9.58 Å². The van der Waals surface area contributed by atoms with E-state index in [0.29, 0.717) is 10.9 Å². The summed E-state index contributed by atoms with van der Waals surface area (Å²) in [7, 11) is 1.61. The van der Waals surface area contributed by atoms with E-state index in [2.05, 4.69) is 20.2 Å². The highest BCUT2D eigenvalue weighted by atomic mass is 32.1. The van der Waals surface area contributed by atoms with Crippen LogP contribution in [0.1, 0.15) is 34.5 Å². The van der Waals surface area contributed by atoms with Crippen LogP contribution >= 0.6 is 11.3 Å². The van der Waals surface area contributed by atoms with Crippen LogP contribution in [0.3, 0.4) is 0 Å². The van der Waals surface area contributed by atoms with Gasteiger partial charge in [-0.1, -0.05) is 41.7 Å². The summed E-state index contributed by atoms with van der Waals surface area (Å²) in [6.45, 7) is 3.34. The number of nitrogens with zero attached hydrogens (tertiary/aromatic N) is 5. The van der Waals surface area contributed by atoms with Crippen LogP contribution in [-0.4, -0.2) is 43.6 Å². The van der Waals surface area contributed by atoms with Gasteiger partial charge in [-0.15, -0.1) is 10.2 Å². The number of rotatable bonds is 5. The van der Waals surface area contributed by atoms with Crippen molar-refractivity contribution < 1.29 is 9.84 Å². The summed E-state index contributed by atoms with van der Waals surface area (Å²) in [5, 5.41) is 25.0. The summed E-state index contributed by atoms with van der Waals surface area (Å²) >= 11 is 1.47. The maximum atomic E-state index is 10.6. The third kappa shape index (κ3) is 3.62. The molecule has 26 heavy (non-hydrogen) atoms. The molecule has 3 aromatic rings. The predicted octanol–water partition coefficient (Wildman–Crippen LogP) is 2.23. The van der Waals surface area contributed by atoms with Gasteiger partial charge in [0, 0.05) is 19.6 Å². The van der Waals surface area contributed by atoms with Crippen molar-refractivity contribution in [2.45, 2.75) is 32.2 Å². The average molecular weight is 371 g/mol. The molecule has 0 radical (unpaired) electrons. The first-order valence-electron chi connectivity index (χ1n) is 8.61. The Kier molecular flexibility index (Phi) is 4.96. The van der Waals surface area contributed by atoms with Crippen LogP contribution in [0.25, 0.3) is 0 Å². The lowest BCUT2D eigenvalue weighted by molar-refractivity contribution is 0.213. The molecule has 0 saturated carbocycles. The maximum absolute atomic E-state index is 10.6. The molecule has 0 unspecified atom stereocenters. The van der Waals surface area contributed by atoms with Crippen LogP contribution in [0, 0.1) is 0 Å². The highest BCUT2D eigenvalue weighted by molar-refractivity contribution is 7.13. The predicted molar refractivity (Wildman–Crippen MR) is 97.9 cm³/mol. The molecule has 0 saturated heterocycles. The van der Waals surface area contributed by atoms with Crippen LogP contribution in [0.4, 0.5) is 0 Å². The number of fused-ring (bicyclic) bond motifs is 1. The first-order valence-corrected chi connectivity index (χ1v) is 9.43. The van der Waals surface area contributed by atoms with Gasteiger partial charge in [0.1, 0.15) is 11.1 Å². The molecule has 0 fully saturated rings. The van der Waals surface area contributed by atoms with Crippen LogP contribution in [0.15, 0.2) is 36.4 Å². The van der Waals surface area contributed by atoms with Crippen LogP contribution in [0.5, 0.6) is 5.19 Å². The van der Waals surface area contributed by atoms with Gasteiger partial charge in [-0.2, -0.15) is 5.10 Å². The molecular weight excluding hydrogens is 350 g/mol. The van der Waals surface area contributed by atoms with Crippen molar-refractivity contribution >= 4 is 11.3 Å². The van der Waals surface area contributed by atoms with Crippen molar-refractivity contribution in [1.82, 2.24) is 24.9 Å². The van der Waals surface area contributed by atoms with Crippen LogP contribution in [0.2, 0.25) is 0 Å². The van der Waals surface area contributed by atoms with Gasteiger partial charge < -0.3 is 9.84 Å². The first-order chi connectivity index (χ1) is 12.7. The van der Waals surface area contributed by atoms with Crippen LogP contribution in [-0.2, 0) is 19.6 Å². The zero-order valence-electron chi connectivity index (χ0n) is 14.6. The van der Waals surface area contributed by atoms with Crippen molar-refractivity contribution in [3.63, 3.8) is 0 Å². The van der Waals surface area contributed by atoms with E-state index in [0.717, 1.165) is 48.9 Å². The lowest BCUT2D eigenvalue weighted by Crippen LogP contribution is -2.22. The lowest BCUT2D eigenvalue weighted by Gasteiger charge is -2.17. The third-order valence-corrected chi connectivity index (χ3v) is 5.36. The Morgan fingerprint density at radius 2 is 2.08 bits per heavy atom. The Morgan fingerprint density at radius 1 is 1.23 bits per heavy atom. The SMILES string of the molecule is COc1nnc(CN2CCCn3nc([C@@H](O)c4ccccc4)cc3C2)s1. The van der Waals surface area contributed by atoms with Gasteiger partial charge in [0.15, 0.2) is 0 Å². The number of aromatic nitrogens is 4. The largest absolute Gasteiger partial charge is 0.472 e. The standard InChI is InChI=1S/C18H21N5O2S/c1-25-18-20-19-16(26-18)12-22-8-5-9-23-14(11-22)10-15(21-23)17(24)13-6-3-2-4-7-13/h2-4,6-7,10,17,24H,5,8-9,11-12H2,1H3/t17-/m0/s1. The molecule has 0 amide bonds. The molecule has 136 valence electrons. The summed E-state index contributed by atoms with van der Waals surface area (Å²) in [4.78, 5) is 2.33. The van der Waals surface area contributed by atoms with Gasteiger partial charge >= 0.3 is 0 Å². The van der Waals surface area contributed by atoms with Crippen molar-refractivity contribution in [2.24, 2.45) is 0 Å². The minimum Gasteiger partial charge on any atom is -0.472 e. The second-order valence-corrected chi connectivity index (χ2v) is 7.35. The molecule has 7 nitrogen and oxygen atoms in total. The molecular formula is C18H21N5O2S. The lowest BCUT2D eigenvalue weighted by atomic mass is 10.1. The topological polar surface area (TPSA) is 76.3 Å². The Bertz CT molecular complexity index is 864. The van der Waals surface area contributed by atoms with Crippen molar-refractivity contribution in [3.05, 3.63) is 58.4 Å². The molecule has 1 aliphatic rings. The first kappa shape index (κ1) is 17.1. The minimum absolute atomic E-state index is 0.591. The third-order valence-electron chi connectivity index (χ3n) is 4.49. The molecule has 1 atom stereocenters.